The first kappa shape index (κ1) is 18.8. The third-order valence-electron chi connectivity index (χ3n) is 3.48. The second-order valence-corrected chi connectivity index (χ2v) is 7.14. The van der Waals surface area contributed by atoms with Crippen LogP contribution < -0.4 is 15.6 Å². The number of ether oxygens (including phenoxy) is 1. The van der Waals surface area contributed by atoms with Crippen molar-refractivity contribution in [3.8, 4) is 16.3 Å². The fourth-order valence-corrected chi connectivity index (χ4v) is 3.22. The lowest BCUT2D eigenvalue weighted by Gasteiger charge is -2.09. The number of aromatic nitrogens is 3. The smallest absolute Gasteiger partial charge is 0.289 e. The van der Waals surface area contributed by atoms with E-state index in [1.807, 2.05) is 58.0 Å². The zero-order valence-electron chi connectivity index (χ0n) is 15.6. The summed E-state index contributed by atoms with van der Waals surface area (Å²) in [6, 6.07) is 9.52. The molecule has 0 aliphatic heterocycles. The van der Waals surface area contributed by atoms with Gasteiger partial charge in [-0.05, 0) is 58.0 Å². The first-order valence-corrected chi connectivity index (χ1v) is 9.40. The lowest BCUT2D eigenvalue weighted by atomic mass is 10.2. The molecule has 7 nitrogen and oxygen atoms in total. The van der Waals surface area contributed by atoms with Crippen molar-refractivity contribution in [3.05, 3.63) is 52.8 Å². The Hall–Kier alpha value is -3.00. The highest BCUT2D eigenvalue weighted by atomic mass is 32.1. The number of anilines is 1. The Morgan fingerprint density at radius 3 is 2.37 bits per heavy atom. The average molecular weight is 383 g/mol. The number of thiazole rings is 1. The molecule has 8 heteroatoms. The van der Waals surface area contributed by atoms with Crippen LogP contribution in [0.5, 0.6) is 5.75 Å². The second-order valence-electron chi connectivity index (χ2n) is 6.28. The molecule has 2 heterocycles. The summed E-state index contributed by atoms with van der Waals surface area (Å²) in [5.41, 5.74) is 8.20. The summed E-state index contributed by atoms with van der Waals surface area (Å²) in [5, 5.41) is 2.48. The van der Waals surface area contributed by atoms with Crippen LogP contribution in [0.15, 0.2) is 35.7 Å². The molecule has 2 aromatic heterocycles. The van der Waals surface area contributed by atoms with E-state index in [4.69, 9.17) is 4.74 Å². The summed E-state index contributed by atoms with van der Waals surface area (Å²) < 4.78 is 5.64. The maximum absolute atomic E-state index is 12.3. The third-order valence-corrected chi connectivity index (χ3v) is 4.37. The van der Waals surface area contributed by atoms with Crippen molar-refractivity contribution in [2.24, 2.45) is 0 Å². The minimum atomic E-state index is -0.347. The minimum Gasteiger partial charge on any atom is -0.491 e. The molecule has 1 amide bonds. The number of aryl methyl sites for hydroxylation is 2. The molecule has 0 aliphatic carbocycles. The molecule has 27 heavy (non-hydrogen) atoms. The second kappa shape index (κ2) is 8.13. The van der Waals surface area contributed by atoms with Gasteiger partial charge in [0.15, 0.2) is 0 Å². The van der Waals surface area contributed by atoms with Crippen molar-refractivity contribution in [1.29, 1.82) is 0 Å². The maximum atomic E-state index is 12.3. The topological polar surface area (TPSA) is 89.0 Å². The van der Waals surface area contributed by atoms with E-state index < -0.39 is 0 Å². The lowest BCUT2D eigenvalue weighted by Crippen LogP contribution is -2.30. The van der Waals surface area contributed by atoms with Gasteiger partial charge < -0.3 is 4.74 Å². The van der Waals surface area contributed by atoms with Crippen LogP contribution in [0.2, 0.25) is 0 Å². The summed E-state index contributed by atoms with van der Waals surface area (Å²) in [6.45, 7) is 7.70. The normalized spacial score (nSPS) is 10.7. The molecule has 0 bridgehead atoms. The quantitative estimate of drug-likeness (QED) is 0.630. The van der Waals surface area contributed by atoms with Gasteiger partial charge >= 0.3 is 0 Å². The SMILES string of the molecule is Cc1cc(C)nc(NNC(=O)c2csc(-c3ccc(OC(C)C)cc3)n2)n1. The number of amides is 1. The van der Waals surface area contributed by atoms with Crippen LogP contribution in [0.3, 0.4) is 0 Å². The van der Waals surface area contributed by atoms with Crippen LogP contribution in [0, 0.1) is 13.8 Å². The highest BCUT2D eigenvalue weighted by Gasteiger charge is 2.12. The van der Waals surface area contributed by atoms with E-state index in [0.29, 0.717) is 11.6 Å². The number of rotatable bonds is 6. The van der Waals surface area contributed by atoms with Gasteiger partial charge in [0.1, 0.15) is 16.5 Å². The summed E-state index contributed by atoms with van der Waals surface area (Å²) in [6.07, 6.45) is 0.125. The molecule has 2 N–H and O–H groups in total. The summed E-state index contributed by atoms with van der Waals surface area (Å²) >= 11 is 1.41. The first-order valence-electron chi connectivity index (χ1n) is 8.52. The number of carbonyl (C=O) groups is 1. The maximum Gasteiger partial charge on any atom is 0.289 e. The highest BCUT2D eigenvalue weighted by Crippen LogP contribution is 2.26. The molecule has 0 aliphatic rings. The van der Waals surface area contributed by atoms with Crippen LogP contribution in [0.1, 0.15) is 35.7 Å². The van der Waals surface area contributed by atoms with Crippen LogP contribution in [0.25, 0.3) is 10.6 Å². The Balaban J connectivity index is 1.65. The molecular formula is C19H21N5O2S. The van der Waals surface area contributed by atoms with Gasteiger partial charge in [-0.2, -0.15) is 0 Å². The molecular weight excluding hydrogens is 362 g/mol. The van der Waals surface area contributed by atoms with E-state index in [-0.39, 0.29) is 12.0 Å². The molecule has 3 aromatic rings. The van der Waals surface area contributed by atoms with E-state index in [1.165, 1.54) is 11.3 Å². The van der Waals surface area contributed by atoms with Gasteiger partial charge in [0.2, 0.25) is 5.95 Å². The Morgan fingerprint density at radius 1 is 1.07 bits per heavy atom. The Kier molecular flexibility index (Phi) is 5.66. The van der Waals surface area contributed by atoms with Crippen molar-refractivity contribution in [2.75, 3.05) is 5.43 Å². The summed E-state index contributed by atoms with van der Waals surface area (Å²) in [4.78, 5) is 25.1. The average Bonchev–Trinajstić information content (AvgIpc) is 3.09. The highest BCUT2D eigenvalue weighted by molar-refractivity contribution is 7.13. The molecule has 3 rings (SSSR count). The number of nitrogens with one attached hydrogen (secondary N) is 2. The molecule has 0 unspecified atom stereocenters. The predicted octanol–water partition coefficient (Wildman–Crippen LogP) is 3.76. The van der Waals surface area contributed by atoms with Crippen molar-refractivity contribution < 1.29 is 9.53 Å². The first-order chi connectivity index (χ1) is 12.9. The van der Waals surface area contributed by atoms with Gasteiger partial charge in [-0.1, -0.05) is 0 Å². The molecule has 0 radical (unpaired) electrons. The van der Waals surface area contributed by atoms with Crippen molar-refractivity contribution in [2.45, 2.75) is 33.8 Å². The van der Waals surface area contributed by atoms with Gasteiger partial charge in [-0.15, -0.1) is 11.3 Å². The van der Waals surface area contributed by atoms with Crippen LogP contribution in [-0.4, -0.2) is 27.0 Å². The summed E-state index contributed by atoms with van der Waals surface area (Å²) in [5.74, 6) is 0.804. The van der Waals surface area contributed by atoms with E-state index in [0.717, 1.165) is 27.7 Å². The molecule has 0 fully saturated rings. The van der Waals surface area contributed by atoms with E-state index in [9.17, 15) is 4.79 Å². The Bertz CT molecular complexity index is 917. The predicted molar refractivity (Wildman–Crippen MR) is 106 cm³/mol. The number of carbonyl (C=O) groups excluding carboxylic acids is 1. The van der Waals surface area contributed by atoms with Gasteiger partial charge in [0.05, 0.1) is 6.10 Å². The largest absolute Gasteiger partial charge is 0.491 e. The molecule has 1 aromatic carbocycles. The Morgan fingerprint density at radius 2 is 1.74 bits per heavy atom. The fraction of sp³-hybridized carbons (Fsp3) is 0.263. The lowest BCUT2D eigenvalue weighted by molar-refractivity contribution is 0.0958. The van der Waals surface area contributed by atoms with Gasteiger partial charge in [0, 0.05) is 22.3 Å². The monoisotopic (exact) mass is 383 g/mol. The van der Waals surface area contributed by atoms with Gasteiger partial charge in [0.25, 0.3) is 5.91 Å². The van der Waals surface area contributed by atoms with Gasteiger partial charge in [-0.3, -0.25) is 15.6 Å². The van der Waals surface area contributed by atoms with Crippen molar-refractivity contribution in [1.82, 2.24) is 20.4 Å². The van der Waals surface area contributed by atoms with Crippen LogP contribution in [-0.2, 0) is 0 Å². The number of nitrogens with zero attached hydrogens (tertiary/aromatic N) is 3. The minimum absolute atomic E-state index is 0.125. The molecule has 0 saturated heterocycles. The number of hydrogen-bond acceptors (Lipinski definition) is 7. The van der Waals surface area contributed by atoms with E-state index >= 15 is 0 Å². The summed E-state index contributed by atoms with van der Waals surface area (Å²) in [7, 11) is 0. The molecule has 140 valence electrons. The fourth-order valence-electron chi connectivity index (χ4n) is 2.42. The molecule has 0 spiro atoms. The van der Waals surface area contributed by atoms with Crippen molar-refractivity contribution in [3.63, 3.8) is 0 Å². The number of hydrazine groups is 1. The van der Waals surface area contributed by atoms with Crippen molar-refractivity contribution >= 4 is 23.2 Å². The molecule has 0 saturated carbocycles. The van der Waals surface area contributed by atoms with Crippen LogP contribution >= 0.6 is 11.3 Å². The standard InChI is InChI=1S/C19H21N5O2S/c1-11(2)26-15-7-5-14(6-8-15)18-22-16(10-27-18)17(25)23-24-19-20-12(3)9-13(4)21-19/h5-11H,1-4H3,(H,23,25)(H,20,21,24). The third kappa shape index (κ3) is 5.01. The van der Waals surface area contributed by atoms with E-state index in [1.54, 1.807) is 5.38 Å². The zero-order valence-corrected chi connectivity index (χ0v) is 16.4. The van der Waals surface area contributed by atoms with E-state index in [2.05, 4.69) is 25.8 Å². The zero-order chi connectivity index (χ0) is 19.4. The number of hydrogen-bond donors (Lipinski definition) is 2. The molecule has 0 atom stereocenters. The Labute approximate surface area is 161 Å². The van der Waals surface area contributed by atoms with Crippen LogP contribution in [0.4, 0.5) is 5.95 Å². The number of benzene rings is 1. The van der Waals surface area contributed by atoms with Gasteiger partial charge in [-0.25, -0.2) is 15.0 Å².